The van der Waals surface area contributed by atoms with E-state index < -0.39 is 5.97 Å². The van der Waals surface area contributed by atoms with Crippen molar-refractivity contribution < 1.29 is 14.7 Å². The topological polar surface area (TPSA) is 66.4 Å². The van der Waals surface area contributed by atoms with Gasteiger partial charge in [-0.05, 0) is 31.1 Å². The minimum atomic E-state index is -0.958. The first-order chi connectivity index (χ1) is 10.1. The van der Waals surface area contributed by atoms with Gasteiger partial charge in [0, 0.05) is 21.7 Å². The normalized spacial score (nSPS) is 12.5. The highest BCUT2D eigenvalue weighted by Crippen LogP contribution is 2.18. The quantitative estimate of drug-likeness (QED) is 0.684. The zero-order chi connectivity index (χ0) is 15.7. The molecule has 0 saturated heterocycles. The number of unbranched alkanes of at least 4 members (excludes halogenated alkanes) is 1. The first kappa shape index (κ1) is 17.4. The summed E-state index contributed by atoms with van der Waals surface area (Å²) in [6.45, 7) is 4.68. The van der Waals surface area contributed by atoms with Crippen molar-refractivity contribution in [3.05, 3.63) is 28.0 Å². The van der Waals surface area contributed by atoms with Crippen molar-refractivity contribution in [2.45, 2.75) is 46.1 Å². The van der Waals surface area contributed by atoms with Crippen molar-refractivity contribution in [2.24, 2.45) is 5.92 Å². The van der Waals surface area contributed by atoms with Crippen LogP contribution in [-0.2, 0) is 16.1 Å². The summed E-state index contributed by atoms with van der Waals surface area (Å²) in [7, 11) is 0. The molecule has 0 aromatic carbocycles. The summed E-state index contributed by atoms with van der Waals surface area (Å²) in [5.74, 6) is -0.752. The number of carbonyl (C=O) groups is 2. The third-order valence-corrected chi connectivity index (χ3v) is 4.33. The van der Waals surface area contributed by atoms with Gasteiger partial charge in [-0.1, -0.05) is 26.7 Å². The van der Waals surface area contributed by atoms with Crippen LogP contribution in [0.4, 0.5) is 0 Å². The summed E-state index contributed by atoms with van der Waals surface area (Å²) in [5, 5.41) is 11.5. The van der Waals surface area contributed by atoms with Gasteiger partial charge in [0.15, 0.2) is 0 Å². The van der Waals surface area contributed by atoms with Crippen LogP contribution in [0.3, 0.4) is 0 Å². The van der Waals surface area contributed by atoms with E-state index in [1.54, 1.807) is 6.08 Å². The second kappa shape index (κ2) is 9.34. The Kier molecular flexibility index (Phi) is 7.75. The number of hydrogen-bond acceptors (Lipinski definition) is 3. The van der Waals surface area contributed by atoms with Crippen LogP contribution in [-0.4, -0.2) is 17.0 Å². The molecule has 0 radical (unpaired) electrons. The summed E-state index contributed by atoms with van der Waals surface area (Å²) in [5.41, 5.74) is 0. The standard InChI is InChI=1S/C16H23NO3S/c1-3-5-6-12(4-2)16(20)17-11-14-8-7-13(21-14)9-10-15(18)19/h7-10,12H,3-6,11H2,1-2H3,(H,17,20)(H,18,19). The first-order valence-corrected chi connectivity index (χ1v) is 8.15. The Balaban J connectivity index is 2.47. The average molecular weight is 309 g/mol. The predicted octanol–water partition coefficient (Wildman–Crippen LogP) is 3.68. The molecule has 0 fully saturated rings. The second-order valence-electron chi connectivity index (χ2n) is 4.94. The molecule has 0 aliphatic carbocycles. The Bertz CT molecular complexity index is 493. The van der Waals surface area contributed by atoms with Crippen molar-refractivity contribution in [1.29, 1.82) is 0 Å². The van der Waals surface area contributed by atoms with E-state index in [1.165, 1.54) is 11.3 Å². The molecule has 116 valence electrons. The molecule has 2 N–H and O–H groups in total. The molecule has 1 unspecified atom stereocenters. The fourth-order valence-corrected chi connectivity index (χ4v) is 2.88. The number of rotatable bonds is 9. The summed E-state index contributed by atoms with van der Waals surface area (Å²) >= 11 is 1.49. The number of aliphatic carboxylic acids is 1. The summed E-state index contributed by atoms with van der Waals surface area (Å²) < 4.78 is 0. The van der Waals surface area contributed by atoms with Crippen molar-refractivity contribution in [2.75, 3.05) is 0 Å². The highest BCUT2D eigenvalue weighted by atomic mass is 32.1. The van der Waals surface area contributed by atoms with Gasteiger partial charge in [0.05, 0.1) is 6.54 Å². The molecule has 5 heteroatoms. The van der Waals surface area contributed by atoms with Crippen molar-refractivity contribution >= 4 is 29.3 Å². The van der Waals surface area contributed by atoms with Crippen LogP contribution in [0.15, 0.2) is 18.2 Å². The Morgan fingerprint density at radius 1 is 1.38 bits per heavy atom. The third-order valence-electron chi connectivity index (χ3n) is 3.28. The third kappa shape index (κ3) is 6.58. The largest absolute Gasteiger partial charge is 0.478 e. The number of thiophene rings is 1. The molecule has 1 atom stereocenters. The fourth-order valence-electron chi connectivity index (χ4n) is 2.02. The molecular formula is C16H23NO3S. The molecule has 1 heterocycles. The molecular weight excluding hydrogens is 286 g/mol. The second-order valence-corrected chi connectivity index (χ2v) is 6.14. The number of carboxylic acids is 1. The van der Waals surface area contributed by atoms with E-state index in [9.17, 15) is 9.59 Å². The average Bonchev–Trinajstić information content (AvgIpc) is 2.91. The van der Waals surface area contributed by atoms with Crippen LogP contribution in [0.25, 0.3) is 6.08 Å². The van der Waals surface area contributed by atoms with E-state index in [0.29, 0.717) is 6.54 Å². The fraction of sp³-hybridized carbons (Fsp3) is 0.500. The van der Waals surface area contributed by atoms with Gasteiger partial charge in [0.2, 0.25) is 5.91 Å². The molecule has 1 rings (SSSR count). The van der Waals surface area contributed by atoms with Gasteiger partial charge >= 0.3 is 5.97 Å². The van der Waals surface area contributed by atoms with Crippen LogP contribution in [0.5, 0.6) is 0 Å². The van der Waals surface area contributed by atoms with E-state index in [-0.39, 0.29) is 11.8 Å². The lowest BCUT2D eigenvalue weighted by molar-refractivity contribution is -0.131. The molecule has 0 aliphatic rings. The highest BCUT2D eigenvalue weighted by Gasteiger charge is 2.15. The van der Waals surface area contributed by atoms with E-state index >= 15 is 0 Å². The maximum Gasteiger partial charge on any atom is 0.328 e. The summed E-state index contributed by atoms with van der Waals surface area (Å²) in [4.78, 5) is 24.4. The van der Waals surface area contributed by atoms with Gasteiger partial charge in [-0.25, -0.2) is 4.79 Å². The van der Waals surface area contributed by atoms with Crippen molar-refractivity contribution in [3.63, 3.8) is 0 Å². The zero-order valence-electron chi connectivity index (χ0n) is 12.6. The number of carboxylic acid groups (broad SMARTS) is 1. The van der Waals surface area contributed by atoms with Crippen LogP contribution < -0.4 is 5.32 Å². The molecule has 1 aromatic heterocycles. The highest BCUT2D eigenvalue weighted by molar-refractivity contribution is 7.12. The Morgan fingerprint density at radius 2 is 2.14 bits per heavy atom. The predicted molar refractivity (Wildman–Crippen MR) is 86.1 cm³/mol. The smallest absolute Gasteiger partial charge is 0.328 e. The van der Waals surface area contributed by atoms with Gasteiger partial charge < -0.3 is 10.4 Å². The van der Waals surface area contributed by atoms with Gasteiger partial charge in [-0.3, -0.25) is 4.79 Å². The van der Waals surface area contributed by atoms with Crippen LogP contribution >= 0.6 is 11.3 Å². The van der Waals surface area contributed by atoms with Gasteiger partial charge in [0.25, 0.3) is 0 Å². The monoisotopic (exact) mass is 309 g/mol. The molecule has 4 nitrogen and oxygen atoms in total. The first-order valence-electron chi connectivity index (χ1n) is 7.34. The minimum Gasteiger partial charge on any atom is -0.478 e. The van der Waals surface area contributed by atoms with Crippen LogP contribution in [0, 0.1) is 5.92 Å². The molecule has 0 aliphatic heterocycles. The molecule has 21 heavy (non-hydrogen) atoms. The molecule has 0 bridgehead atoms. The lowest BCUT2D eigenvalue weighted by Gasteiger charge is -2.13. The van der Waals surface area contributed by atoms with Crippen molar-refractivity contribution in [1.82, 2.24) is 5.32 Å². The zero-order valence-corrected chi connectivity index (χ0v) is 13.4. The van der Waals surface area contributed by atoms with Crippen LogP contribution in [0.1, 0.15) is 49.3 Å². The number of hydrogen-bond donors (Lipinski definition) is 2. The molecule has 0 saturated carbocycles. The Morgan fingerprint density at radius 3 is 2.76 bits per heavy atom. The Labute approximate surface area is 129 Å². The van der Waals surface area contributed by atoms with Gasteiger partial charge in [0.1, 0.15) is 0 Å². The molecule has 1 amide bonds. The number of nitrogens with one attached hydrogen (secondary N) is 1. The van der Waals surface area contributed by atoms with Crippen molar-refractivity contribution in [3.8, 4) is 0 Å². The van der Waals surface area contributed by atoms with Gasteiger partial charge in [-0.2, -0.15) is 0 Å². The minimum absolute atomic E-state index is 0.0938. The molecule has 1 aromatic rings. The maximum absolute atomic E-state index is 12.1. The molecule has 0 spiro atoms. The Hall–Kier alpha value is -1.62. The van der Waals surface area contributed by atoms with E-state index in [1.807, 2.05) is 19.1 Å². The van der Waals surface area contributed by atoms with Gasteiger partial charge in [-0.15, -0.1) is 11.3 Å². The lowest BCUT2D eigenvalue weighted by atomic mass is 9.98. The summed E-state index contributed by atoms with van der Waals surface area (Å²) in [6, 6.07) is 3.78. The summed E-state index contributed by atoms with van der Waals surface area (Å²) in [6.07, 6.45) is 6.67. The van der Waals surface area contributed by atoms with E-state index in [0.717, 1.165) is 41.5 Å². The SMILES string of the molecule is CCCCC(CC)C(=O)NCc1ccc(C=CC(=O)O)s1. The lowest BCUT2D eigenvalue weighted by Crippen LogP contribution is -2.29. The number of amides is 1. The van der Waals surface area contributed by atoms with Crippen LogP contribution in [0.2, 0.25) is 0 Å². The number of carbonyl (C=O) groups excluding carboxylic acids is 1. The van der Waals surface area contributed by atoms with E-state index in [4.69, 9.17) is 5.11 Å². The van der Waals surface area contributed by atoms with E-state index in [2.05, 4.69) is 12.2 Å². The maximum atomic E-state index is 12.1.